The first-order chi connectivity index (χ1) is 12.0. The van der Waals surface area contributed by atoms with Crippen LogP contribution in [0.3, 0.4) is 0 Å². The second-order valence-electron chi connectivity index (χ2n) is 6.50. The molecule has 1 aromatic carbocycles. The summed E-state index contributed by atoms with van der Waals surface area (Å²) in [6.45, 7) is 5.35. The van der Waals surface area contributed by atoms with Gasteiger partial charge in [0, 0.05) is 16.8 Å². The Morgan fingerprint density at radius 2 is 2.04 bits per heavy atom. The van der Waals surface area contributed by atoms with Crippen molar-refractivity contribution >= 4 is 40.8 Å². The normalized spacial score (nSPS) is 22.4. The van der Waals surface area contributed by atoms with Gasteiger partial charge in [0.05, 0.1) is 23.5 Å². The zero-order valence-electron chi connectivity index (χ0n) is 14.1. The lowest BCUT2D eigenvalue weighted by Crippen LogP contribution is -3.27. The molecule has 0 spiro atoms. The van der Waals surface area contributed by atoms with E-state index in [2.05, 4.69) is 29.6 Å². The second kappa shape index (κ2) is 8.52. The van der Waals surface area contributed by atoms with Crippen molar-refractivity contribution < 1.29 is 14.9 Å². The average Bonchev–Trinajstić information content (AvgIpc) is 3.11. The van der Waals surface area contributed by atoms with E-state index in [1.165, 1.54) is 24.0 Å². The Morgan fingerprint density at radius 1 is 1.28 bits per heavy atom. The molecule has 7 heteroatoms. The summed E-state index contributed by atoms with van der Waals surface area (Å²) in [5, 5.41) is 12.9. The van der Waals surface area contributed by atoms with Crippen LogP contribution in [0.4, 0.5) is 0 Å². The van der Waals surface area contributed by atoms with Gasteiger partial charge >= 0.3 is 0 Å². The third-order valence-corrected chi connectivity index (χ3v) is 6.19. The number of thiophene rings is 1. The lowest BCUT2D eigenvalue weighted by Gasteiger charge is -2.32. The number of phenolic OH excluding ortho intramolecular Hbond substituents is 1. The molecule has 0 unspecified atom stereocenters. The highest BCUT2D eigenvalue weighted by atomic mass is 35.5. The number of nitrogens with one attached hydrogen (secondary N) is 2. The molecule has 1 aliphatic heterocycles. The Bertz CT molecular complexity index is 728. The molecule has 4 nitrogen and oxygen atoms in total. The predicted octanol–water partition coefficient (Wildman–Crippen LogP) is 1.33. The van der Waals surface area contributed by atoms with E-state index in [-0.39, 0.29) is 10.8 Å². The standard InChI is InChI=1S/C18H21Cl2N3OS/c1-22-4-6-23(7-5-22)16(17-3-2-8-25-17)12-21-11-13-9-14(19)10-15(20)18(13)24/h2-3,8-11,16,24H,4-7,12H2,1H3/p+2/t16-/m1/s1. The topological polar surface area (TPSA) is 41.5 Å². The van der Waals surface area contributed by atoms with Crippen molar-refractivity contribution in [2.24, 2.45) is 4.99 Å². The van der Waals surface area contributed by atoms with Crippen LogP contribution in [-0.2, 0) is 0 Å². The van der Waals surface area contributed by atoms with Crippen LogP contribution in [0.5, 0.6) is 5.75 Å². The summed E-state index contributed by atoms with van der Waals surface area (Å²) >= 11 is 13.8. The number of hydrogen-bond donors (Lipinski definition) is 3. The first kappa shape index (κ1) is 18.7. The van der Waals surface area contributed by atoms with Gasteiger partial charge in [-0.3, -0.25) is 4.99 Å². The van der Waals surface area contributed by atoms with Gasteiger partial charge in [-0.2, -0.15) is 0 Å². The molecule has 2 heterocycles. The molecule has 3 N–H and O–H groups in total. The molecule has 1 aromatic heterocycles. The summed E-state index contributed by atoms with van der Waals surface area (Å²) in [6, 6.07) is 7.84. The second-order valence-corrected chi connectivity index (χ2v) is 8.33. The fourth-order valence-corrected chi connectivity index (χ4v) is 4.58. The van der Waals surface area contributed by atoms with Crippen molar-refractivity contribution in [2.75, 3.05) is 39.8 Å². The Kier molecular flexibility index (Phi) is 6.36. The summed E-state index contributed by atoms with van der Waals surface area (Å²) in [5.74, 6) is 0.0260. The smallest absolute Gasteiger partial charge is 0.143 e. The maximum atomic E-state index is 10.1. The minimum atomic E-state index is 0.0260. The lowest BCUT2D eigenvalue weighted by atomic mass is 10.1. The van der Waals surface area contributed by atoms with Gasteiger partial charge in [-0.1, -0.05) is 29.3 Å². The fourth-order valence-electron chi connectivity index (χ4n) is 3.20. The van der Waals surface area contributed by atoms with Gasteiger partial charge in [0.2, 0.25) is 0 Å². The summed E-state index contributed by atoms with van der Waals surface area (Å²) in [4.78, 5) is 9.15. The highest BCUT2D eigenvalue weighted by Crippen LogP contribution is 2.30. The van der Waals surface area contributed by atoms with Crippen LogP contribution in [0.15, 0.2) is 34.6 Å². The number of piperazine rings is 1. The maximum absolute atomic E-state index is 10.1. The summed E-state index contributed by atoms with van der Waals surface area (Å²) < 4.78 is 0. The van der Waals surface area contributed by atoms with Crippen molar-refractivity contribution in [3.05, 3.63) is 50.1 Å². The lowest BCUT2D eigenvalue weighted by molar-refractivity contribution is -1.02. The molecule has 0 saturated carbocycles. The van der Waals surface area contributed by atoms with Crippen LogP contribution in [0.1, 0.15) is 16.5 Å². The molecule has 134 valence electrons. The van der Waals surface area contributed by atoms with Crippen molar-refractivity contribution in [3.8, 4) is 5.75 Å². The number of hydrogen-bond acceptors (Lipinski definition) is 3. The number of halogens is 2. The SMILES string of the molecule is C[NH+]1CC[NH+]([C@H](CN=Cc2cc(Cl)cc(Cl)c2O)c2cccs2)CC1. The van der Waals surface area contributed by atoms with Crippen molar-refractivity contribution in [1.29, 1.82) is 0 Å². The van der Waals surface area contributed by atoms with E-state index >= 15 is 0 Å². The molecule has 0 amide bonds. The summed E-state index contributed by atoms with van der Waals surface area (Å²) in [7, 11) is 2.25. The number of aliphatic imine (C=N–C) groups is 1. The van der Waals surface area contributed by atoms with Crippen molar-refractivity contribution in [3.63, 3.8) is 0 Å². The van der Waals surface area contributed by atoms with Gasteiger partial charge < -0.3 is 14.9 Å². The quantitative estimate of drug-likeness (QED) is 0.652. The molecule has 1 fully saturated rings. The van der Waals surface area contributed by atoms with E-state index < -0.39 is 0 Å². The first-order valence-electron chi connectivity index (χ1n) is 8.41. The van der Waals surface area contributed by atoms with Gasteiger partial charge in [0.15, 0.2) is 0 Å². The minimum absolute atomic E-state index is 0.0260. The van der Waals surface area contributed by atoms with Crippen LogP contribution < -0.4 is 9.80 Å². The van der Waals surface area contributed by atoms with Gasteiger partial charge in [0.1, 0.15) is 38.0 Å². The Hall–Kier alpha value is -1.11. The van der Waals surface area contributed by atoms with Crippen LogP contribution >= 0.6 is 34.5 Å². The predicted molar refractivity (Wildman–Crippen MR) is 105 cm³/mol. The molecule has 25 heavy (non-hydrogen) atoms. The molecule has 1 saturated heterocycles. The average molecular weight is 400 g/mol. The Morgan fingerprint density at radius 3 is 2.72 bits per heavy atom. The van der Waals surface area contributed by atoms with Crippen LogP contribution in [-0.4, -0.2) is 51.1 Å². The minimum Gasteiger partial charge on any atom is -0.506 e. The van der Waals surface area contributed by atoms with E-state index in [4.69, 9.17) is 23.2 Å². The molecular weight excluding hydrogens is 377 g/mol. The molecule has 2 aromatic rings. The monoisotopic (exact) mass is 399 g/mol. The third kappa shape index (κ3) is 4.74. The molecule has 0 aliphatic carbocycles. The Balaban J connectivity index is 1.75. The number of phenols is 1. The van der Waals surface area contributed by atoms with Gasteiger partial charge in [-0.05, 0) is 23.6 Å². The maximum Gasteiger partial charge on any atom is 0.143 e. The van der Waals surface area contributed by atoms with E-state index in [1.807, 2.05) is 0 Å². The van der Waals surface area contributed by atoms with Crippen LogP contribution in [0.2, 0.25) is 10.0 Å². The number of nitrogens with zero attached hydrogens (tertiary/aromatic N) is 1. The van der Waals surface area contributed by atoms with E-state index in [1.54, 1.807) is 33.4 Å². The van der Waals surface area contributed by atoms with E-state index in [0.717, 1.165) is 13.1 Å². The highest BCUT2D eigenvalue weighted by Gasteiger charge is 2.29. The van der Waals surface area contributed by atoms with Crippen LogP contribution in [0, 0.1) is 0 Å². The zero-order chi connectivity index (χ0) is 17.8. The fraction of sp³-hybridized carbons (Fsp3) is 0.389. The molecular formula is C18H23Cl2N3OS+2. The van der Waals surface area contributed by atoms with E-state index in [0.29, 0.717) is 23.2 Å². The summed E-state index contributed by atoms with van der Waals surface area (Å²) in [5.41, 5.74) is 0.556. The number of aromatic hydroxyl groups is 1. The van der Waals surface area contributed by atoms with Gasteiger partial charge in [-0.25, -0.2) is 0 Å². The van der Waals surface area contributed by atoms with E-state index in [9.17, 15) is 5.11 Å². The number of quaternary nitrogens is 2. The molecule has 1 atom stereocenters. The number of rotatable bonds is 5. The third-order valence-electron chi connectivity index (χ3n) is 4.70. The highest BCUT2D eigenvalue weighted by molar-refractivity contribution is 7.10. The van der Waals surface area contributed by atoms with Crippen molar-refractivity contribution in [1.82, 2.24) is 0 Å². The largest absolute Gasteiger partial charge is 0.506 e. The summed E-state index contributed by atoms with van der Waals surface area (Å²) in [6.07, 6.45) is 1.68. The molecule has 1 aliphatic rings. The number of likely N-dealkylation sites (N-methyl/N-ethyl adjacent to an activating group) is 1. The zero-order valence-corrected chi connectivity index (χ0v) is 16.5. The first-order valence-corrected chi connectivity index (χ1v) is 10.0. The molecule has 0 bridgehead atoms. The van der Waals surface area contributed by atoms with Crippen LogP contribution in [0.25, 0.3) is 0 Å². The molecule has 0 radical (unpaired) electrons. The van der Waals surface area contributed by atoms with Crippen molar-refractivity contribution in [2.45, 2.75) is 6.04 Å². The van der Waals surface area contributed by atoms with Gasteiger partial charge in [0.25, 0.3) is 0 Å². The molecule has 3 rings (SSSR count). The number of benzene rings is 1. The Labute approximate surface area is 162 Å². The van der Waals surface area contributed by atoms with Gasteiger partial charge in [-0.15, -0.1) is 11.3 Å².